The summed E-state index contributed by atoms with van der Waals surface area (Å²) in [5.41, 5.74) is 3.26. The van der Waals surface area contributed by atoms with Gasteiger partial charge in [0.15, 0.2) is 4.80 Å². The van der Waals surface area contributed by atoms with Gasteiger partial charge in [0.05, 0.1) is 28.5 Å². The average molecular weight is 482 g/mol. The molecule has 0 saturated heterocycles. The molecule has 0 amide bonds. The van der Waals surface area contributed by atoms with Gasteiger partial charge in [-0.3, -0.25) is 9.36 Å². The topological polar surface area (TPSA) is 63.9 Å². The highest BCUT2D eigenvalue weighted by Crippen LogP contribution is 2.31. The van der Waals surface area contributed by atoms with E-state index >= 15 is 0 Å². The summed E-state index contributed by atoms with van der Waals surface area (Å²) in [6.07, 6.45) is 1.77. The molecule has 0 aliphatic carbocycles. The highest BCUT2D eigenvalue weighted by Gasteiger charge is 2.33. The molecule has 1 atom stereocenters. The zero-order valence-electron chi connectivity index (χ0n) is 18.8. The summed E-state index contributed by atoms with van der Waals surface area (Å²) < 4.78 is 7.41. The number of ether oxygens (including phenoxy) is 1. The van der Waals surface area contributed by atoms with Crippen LogP contribution in [0.2, 0.25) is 5.02 Å². The average Bonchev–Trinajstić information content (AvgIpc) is 3.09. The van der Waals surface area contributed by atoms with E-state index in [0.717, 1.165) is 16.8 Å². The predicted octanol–water partition coefficient (Wildman–Crippen LogP) is 3.52. The van der Waals surface area contributed by atoms with Crippen molar-refractivity contribution in [2.45, 2.75) is 19.9 Å². The van der Waals surface area contributed by atoms with Crippen LogP contribution < -0.4 is 19.8 Å². The van der Waals surface area contributed by atoms with Gasteiger partial charge < -0.3 is 9.64 Å². The lowest BCUT2D eigenvalue weighted by Gasteiger charge is -2.25. The number of carbonyl (C=O) groups excluding carboxylic acids is 1. The molecule has 1 aliphatic rings. The molecule has 3 aromatic rings. The number of allylic oxidation sites excluding steroid dienone is 1. The summed E-state index contributed by atoms with van der Waals surface area (Å²) in [7, 11) is 3.92. The Kier molecular flexibility index (Phi) is 6.54. The maximum absolute atomic E-state index is 13.6. The summed E-state index contributed by atoms with van der Waals surface area (Å²) in [5, 5.41) is 0.558. The summed E-state index contributed by atoms with van der Waals surface area (Å²) in [4.78, 5) is 33.6. The van der Waals surface area contributed by atoms with Crippen LogP contribution in [0.4, 0.5) is 5.69 Å². The Balaban J connectivity index is 1.95. The van der Waals surface area contributed by atoms with Gasteiger partial charge in [-0.05, 0) is 49.2 Å². The second kappa shape index (κ2) is 9.37. The molecule has 4 rings (SSSR count). The van der Waals surface area contributed by atoms with Gasteiger partial charge in [0, 0.05) is 24.8 Å². The fourth-order valence-corrected chi connectivity index (χ4v) is 5.02. The number of carbonyl (C=O) groups is 1. The van der Waals surface area contributed by atoms with Crippen LogP contribution in [0.3, 0.4) is 0 Å². The van der Waals surface area contributed by atoms with Crippen LogP contribution >= 0.6 is 22.9 Å². The van der Waals surface area contributed by atoms with Crippen molar-refractivity contribution in [1.29, 1.82) is 0 Å². The van der Waals surface area contributed by atoms with Gasteiger partial charge in [0.2, 0.25) is 0 Å². The zero-order valence-corrected chi connectivity index (χ0v) is 20.4. The standard InChI is InChI=1S/C25H24ClN3O3S/c1-5-32-24(31)21-15(2)27-25-29(22(21)16-10-12-18(13-11-16)28(3)4)23(30)20(33-25)14-17-8-6-7-9-19(17)26/h6-14,22H,5H2,1-4H3/b20-14-/t22-/m1/s1. The molecular formula is C25H24ClN3O3S. The first-order chi connectivity index (χ1) is 15.8. The lowest BCUT2D eigenvalue weighted by Crippen LogP contribution is -2.39. The second-order valence-electron chi connectivity index (χ2n) is 7.81. The molecule has 6 nitrogen and oxygen atoms in total. The number of halogens is 1. The van der Waals surface area contributed by atoms with E-state index in [2.05, 4.69) is 4.99 Å². The Morgan fingerprint density at radius 1 is 1.21 bits per heavy atom. The van der Waals surface area contributed by atoms with Crippen molar-refractivity contribution in [3.63, 3.8) is 0 Å². The van der Waals surface area contributed by atoms with Gasteiger partial charge >= 0.3 is 5.97 Å². The molecule has 0 bridgehead atoms. The summed E-state index contributed by atoms with van der Waals surface area (Å²) >= 11 is 7.59. The van der Waals surface area contributed by atoms with Crippen molar-refractivity contribution < 1.29 is 9.53 Å². The van der Waals surface area contributed by atoms with Crippen LogP contribution in [0.1, 0.15) is 31.0 Å². The number of benzene rings is 2. The summed E-state index contributed by atoms with van der Waals surface area (Å²) in [6, 6.07) is 14.5. The highest BCUT2D eigenvalue weighted by molar-refractivity contribution is 7.07. The monoisotopic (exact) mass is 481 g/mol. The summed E-state index contributed by atoms with van der Waals surface area (Å²) in [6.45, 7) is 3.77. The van der Waals surface area contributed by atoms with Crippen molar-refractivity contribution >= 4 is 40.7 Å². The van der Waals surface area contributed by atoms with Gasteiger partial charge in [0.1, 0.15) is 0 Å². The molecular weight excluding hydrogens is 458 g/mol. The second-order valence-corrected chi connectivity index (χ2v) is 9.23. The Morgan fingerprint density at radius 2 is 1.91 bits per heavy atom. The molecule has 2 heterocycles. The SMILES string of the molecule is CCOC(=O)C1=C(C)N=c2s/c(=C\c3ccccc3Cl)c(=O)n2[C@@H]1c1ccc(N(C)C)cc1. The van der Waals surface area contributed by atoms with E-state index in [4.69, 9.17) is 16.3 Å². The fraction of sp³-hybridized carbons (Fsp3) is 0.240. The van der Waals surface area contributed by atoms with Crippen LogP contribution in [-0.4, -0.2) is 31.2 Å². The highest BCUT2D eigenvalue weighted by atomic mass is 35.5. The number of nitrogens with zero attached hydrogens (tertiary/aromatic N) is 3. The van der Waals surface area contributed by atoms with E-state index in [0.29, 0.717) is 25.6 Å². The molecule has 8 heteroatoms. The Hall–Kier alpha value is -3.16. The number of aromatic nitrogens is 1. The smallest absolute Gasteiger partial charge is 0.338 e. The van der Waals surface area contributed by atoms with Crippen LogP contribution in [0.5, 0.6) is 0 Å². The van der Waals surface area contributed by atoms with E-state index in [1.54, 1.807) is 30.6 Å². The first-order valence-corrected chi connectivity index (χ1v) is 11.7. The third kappa shape index (κ3) is 4.38. The molecule has 0 saturated carbocycles. The number of anilines is 1. The van der Waals surface area contributed by atoms with E-state index in [-0.39, 0.29) is 12.2 Å². The minimum Gasteiger partial charge on any atom is -0.463 e. The van der Waals surface area contributed by atoms with Gasteiger partial charge in [-0.1, -0.05) is 53.3 Å². The number of thiazole rings is 1. The number of hydrogen-bond donors (Lipinski definition) is 0. The summed E-state index contributed by atoms with van der Waals surface area (Å²) in [5.74, 6) is -0.471. The third-order valence-electron chi connectivity index (χ3n) is 5.43. The first kappa shape index (κ1) is 23.0. The van der Waals surface area contributed by atoms with Crippen molar-refractivity contribution in [2.24, 2.45) is 4.99 Å². The maximum atomic E-state index is 13.6. The molecule has 0 unspecified atom stereocenters. The van der Waals surface area contributed by atoms with Crippen LogP contribution in [-0.2, 0) is 9.53 Å². The van der Waals surface area contributed by atoms with Crippen LogP contribution in [0, 0.1) is 0 Å². The molecule has 170 valence electrons. The predicted molar refractivity (Wildman–Crippen MR) is 133 cm³/mol. The fourth-order valence-electron chi connectivity index (χ4n) is 3.80. The largest absolute Gasteiger partial charge is 0.463 e. The lowest BCUT2D eigenvalue weighted by molar-refractivity contribution is -0.139. The van der Waals surface area contributed by atoms with Gasteiger partial charge in [-0.15, -0.1) is 0 Å². The molecule has 0 N–H and O–H groups in total. The van der Waals surface area contributed by atoms with E-state index in [1.807, 2.05) is 61.5 Å². The Morgan fingerprint density at radius 3 is 2.55 bits per heavy atom. The lowest BCUT2D eigenvalue weighted by atomic mass is 9.95. The quantitative estimate of drug-likeness (QED) is 0.523. The molecule has 2 aromatic carbocycles. The number of rotatable bonds is 5. The molecule has 0 spiro atoms. The molecule has 0 fully saturated rings. The van der Waals surface area contributed by atoms with E-state index < -0.39 is 12.0 Å². The molecule has 33 heavy (non-hydrogen) atoms. The van der Waals surface area contributed by atoms with Gasteiger partial charge in [0.25, 0.3) is 5.56 Å². The molecule has 1 aromatic heterocycles. The Labute approximate surface area is 200 Å². The van der Waals surface area contributed by atoms with Gasteiger partial charge in [-0.25, -0.2) is 9.79 Å². The van der Waals surface area contributed by atoms with Crippen molar-refractivity contribution in [3.8, 4) is 0 Å². The number of esters is 1. The normalized spacial score (nSPS) is 15.8. The van der Waals surface area contributed by atoms with Gasteiger partial charge in [-0.2, -0.15) is 0 Å². The zero-order chi connectivity index (χ0) is 23.7. The van der Waals surface area contributed by atoms with E-state index in [1.165, 1.54) is 11.3 Å². The minimum absolute atomic E-state index is 0.227. The maximum Gasteiger partial charge on any atom is 0.338 e. The molecule has 0 radical (unpaired) electrons. The van der Waals surface area contributed by atoms with Crippen molar-refractivity contribution in [1.82, 2.24) is 4.57 Å². The molecule has 1 aliphatic heterocycles. The minimum atomic E-state index is -0.634. The van der Waals surface area contributed by atoms with Crippen LogP contribution in [0.25, 0.3) is 6.08 Å². The first-order valence-electron chi connectivity index (χ1n) is 10.5. The third-order valence-corrected chi connectivity index (χ3v) is 6.76. The van der Waals surface area contributed by atoms with Crippen molar-refractivity contribution in [2.75, 3.05) is 25.6 Å². The van der Waals surface area contributed by atoms with E-state index in [9.17, 15) is 9.59 Å². The number of hydrogen-bond acceptors (Lipinski definition) is 6. The number of fused-ring (bicyclic) bond motifs is 1. The Bertz CT molecular complexity index is 1420. The van der Waals surface area contributed by atoms with Crippen LogP contribution in [0.15, 0.2) is 69.6 Å². The van der Waals surface area contributed by atoms with Crippen molar-refractivity contribution in [3.05, 3.63) is 95.6 Å².